The summed E-state index contributed by atoms with van der Waals surface area (Å²) in [6, 6.07) is 4.74. The first-order valence-electron chi connectivity index (χ1n) is 6.15. The van der Waals surface area contributed by atoms with E-state index < -0.39 is 17.1 Å². The van der Waals surface area contributed by atoms with Crippen LogP contribution in [0.15, 0.2) is 18.2 Å². The molecule has 1 aromatic carbocycles. The topological polar surface area (TPSA) is 17.8 Å². The standard InChI is InChI=1S/C13H11Cl2F3N2/c1-7(14)11-19-9-3-2-8(15)6-10(9)20(11)12(4-5-12)13(16,17)18/h2-3,6-7H,4-5H2,1H3. The lowest BCUT2D eigenvalue weighted by molar-refractivity contribution is -0.179. The summed E-state index contributed by atoms with van der Waals surface area (Å²) in [7, 11) is 0. The van der Waals surface area contributed by atoms with Crippen molar-refractivity contribution in [1.29, 1.82) is 0 Å². The quantitative estimate of drug-likeness (QED) is 0.708. The monoisotopic (exact) mass is 322 g/mol. The molecule has 0 saturated heterocycles. The number of halogens is 5. The van der Waals surface area contributed by atoms with Gasteiger partial charge in [0, 0.05) is 5.02 Å². The van der Waals surface area contributed by atoms with E-state index >= 15 is 0 Å². The minimum absolute atomic E-state index is 0.0467. The third-order valence-electron chi connectivity index (χ3n) is 3.68. The van der Waals surface area contributed by atoms with Crippen LogP contribution in [0.4, 0.5) is 13.2 Å². The molecule has 0 aliphatic heterocycles. The number of benzene rings is 1. The molecule has 7 heteroatoms. The molecule has 1 saturated carbocycles. The summed E-state index contributed by atoms with van der Waals surface area (Å²) >= 11 is 11.9. The molecule has 2 nitrogen and oxygen atoms in total. The second-order valence-electron chi connectivity index (χ2n) is 5.08. The zero-order valence-corrected chi connectivity index (χ0v) is 12.0. The van der Waals surface area contributed by atoms with Gasteiger partial charge in [-0.15, -0.1) is 11.6 Å². The fourth-order valence-corrected chi connectivity index (χ4v) is 2.85. The van der Waals surface area contributed by atoms with Crippen LogP contribution in [0, 0.1) is 0 Å². The number of nitrogens with zero attached hydrogens (tertiary/aromatic N) is 2. The van der Waals surface area contributed by atoms with Crippen molar-refractivity contribution < 1.29 is 13.2 Å². The molecular formula is C13H11Cl2F3N2. The van der Waals surface area contributed by atoms with Gasteiger partial charge >= 0.3 is 6.18 Å². The maximum absolute atomic E-state index is 13.4. The number of rotatable bonds is 2. The van der Waals surface area contributed by atoms with Crippen LogP contribution in [0.5, 0.6) is 0 Å². The van der Waals surface area contributed by atoms with Gasteiger partial charge in [-0.05, 0) is 38.0 Å². The minimum atomic E-state index is -4.33. The molecule has 0 N–H and O–H groups in total. The van der Waals surface area contributed by atoms with Crippen molar-refractivity contribution in [2.45, 2.75) is 36.9 Å². The Kier molecular flexibility index (Phi) is 3.00. The van der Waals surface area contributed by atoms with E-state index in [1.165, 1.54) is 10.6 Å². The van der Waals surface area contributed by atoms with Gasteiger partial charge in [-0.2, -0.15) is 13.2 Å². The van der Waals surface area contributed by atoms with Crippen molar-refractivity contribution in [1.82, 2.24) is 9.55 Å². The SMILES string of the molecule is CC(Cl)c1nc2ccc(Cl)cc2n1C1(C(F)(F)F)CC1. The van der Waals surface area contributed by atoms with Gasteiger partial charge in [-0.3, -0.25) is 0 Å². The Hall–Kier alpha value is -0.940. The first-order valence-corrected chi connectivity index (χ1v) is 6.97. The first-order chi connectivity index (χ1) is 9.26. The molecular weight excluding hydrogens is 312 g/mol. The summed E-state index contributed by atoms with van der Waals surface area (Å²) in [5, 5.41) is -0.230. The lowest BCUT2D eigenvalue weighted by Crippen LogP contribution is -2.36. The van der Waals surface area contributed by atoms with Crippen LogP contribution >= 0.6 is 23.2 Å². The Balaban J connectivity index is 2.33. The Labute approximate surface area is 123 Å². The second kappa shape index (κ2) is 4.28. The van der Waals surface area contributed by atoms with Crippen LogP contribution in [0.3, 0.4) is 0 Å². The second-order valence-corrected chi connectivity index (χ2v) is 6.17. The number of aromatic nitrogens is 2. The molecule has 20 heavy (non-hydrogen) atoms. The Morgan fingerprint density at radius 1 is 1.35 bits per heavy atom. The highest BCUT2D eigenvalue weighted by Crippen LogP contribution is 2.57. The zero-order chi connectivity index (χ0) is 14.7. The van der Waals surface area contributed by atoms with Gasteiger partial charge in [0.2, 0.25) is 0 Å². The van der Waals surface area contributed by atoms with Gasteiger partial charge in [-0.1, -0.05) is 11.6 Å². The van der Waals surface area contributed by atoms with Crippen LogP contribution in [-0.2, 0) is 5.54 Å². The van der Waals surface area contributed by atoms with Gasteiger partial charge in [0.1, 0.15) is 11.4 Å². The summed E-state index contributed by atoms with van der Waals surface area (Å²) in [6.07, 6.45) is -4.24. The molecule has 1 fully saturated rings. The normalized spacial score (nSPS) is 19.3. The van der Waals surface area contributed by atoms with E-state index in [1.807, 2.05) is 0 Å². The largest absolute Gasteiger partial charge is 0.412 e. The lowest BCUT2D eigenvalue weighted by atomic mass is 10.2. The molecule has 108 valence electrons. The molecule has 3 rings (SSSR count). The van der Waals surface area contributed by atoms with E-state index in [-0.39, 0.29) is 18.7 Å². The summed E-state index contributed by atoms with van der Waals surface area (Å²) in [5.74, 6) is 0.235. The third-order valence-corrected chi connectivity index (χ3v) is 4.11. The van der Waals surface area contributed by atoms with Crippen molar-refractivity contribution in [3.63, 3.8) is 0 Å². The molecule has 1 unspecified atom stereocenters. The first kappa shape index (κ1) is 14.0. The number of alkyl halides is 4. The molecule has 0 bridgehead atoms. The smallest absolute Gasteiger partial charge is 0.311 e. The maximum Gasteiger partial charge on any atom is 0.412 e. The van der Waals surface area contributed by atoms with Crippen LogP contribution in [0.1, 0.15) is 31.0 Å². The van der Waals surface area contributed by atoms with Crippen molar-refractivity contribution in [3.8, 4) is 0 Å². The van der Waals surface area contributed by atoms with Gasteiger partial charge < -0.3 is 4.57 Å². The fraction of sp³-hybridized carbons (Fsp3) is 0.462. The molecule has 2 aromatic rings. The predicted molar refractivity (Wildman–Crippen MR) is 72.3 cm³/mol. The van der Waals surface area contributed by atoms with E-state index in [0.717, 1.165) is 0 Å². The van der Waals surface area contributed by atoms with Crippen molar-refractivity contribution >= 4 is 34.2 Å². The average molecular weight is 323 g/mol. The van der Waals surface area contributed by atoms with Gasteiger partial charge in [0.05, 0.1) is 16.4 Å². The molecule has 0 radical (unpaired) electrons. The summed E-state index contributed by atoms with van der Waals surface area (Å²) in [6.45, 7) is 1.62. The number of hydrogen-bond donors (Lipinski definition) is 0. The maximum atomic E-state index is 13.4. The Bertz CT molecular complexity index is 672. The highest BCUT2D eigenvalue weighted by Gasteiger charge is 2.66. The van der Waals surface area contributed by atoms with Gasteiger partial charge in [-0.25, -0.2) is 4.98 Å². The molecule has 1 heterocycles. The Morgan fingerprint density at radius 3 is 2.50 bits per heavy atom. The predicted octanol–water partition coefficient (Wildman–Crippen LogP) is 5.04. The zero-order valence-electron chi connectivity index (χ0n) is 10.5. The van der Waals surface area contributed by atoms with Crippen molar-refractivity contribution in [3.05, 3.63) is 29.0 Å². The number of fused-ring (bicyclic) bond motifs is 1. The molecule has 1 atom stereocenters. The summed E-state index contributed by atoms with van der Waals surface area (Å²) in [5.41, 5.74) is -1.02. The van der Waals surface area contributed by atoms with Crippen molar-refractivity contribution in [2.24, 2.45) is 0 Å². The van der Waals surface area contributed by atoms with Gasteiger partial charge in [0.15, 0.2) is 0 Å². The lowest BCUT2D eigenvalue weighted by Gasteiger charge is -2.24. The van der Waals surface area contributed by atoms with Crippen molar-refractivity contribution in [2.75, 3.05) is 0 Å². The van der Waals surface area contributed by atoms with Crippen LogP contribution in [-0.4, -0.2) is 15.7 Å². The number of hydrogen-bond acceptors (Lipinski definition) is 1. The molecule has 1 aromatic heterocycles. The molecule has 0 spiro atoms. The summed E-state index contributed by atoms with van der Waals surface area (Å²) < 4.78 is 41.4. The van der Waals surface area contributed by atoms with E-state index in [0.29, 0.717) is 16.1 Å². The fourth-order valence-electron chi connectivity index (χ4n) is 2.54. The van der Waals surface area contributed by atoms with E-state index in [1.54, 1.807) is 19.1 Å². The highest BCUT2D eigenvalue weighted by atomic mass is 35.5. The van der Waals surface area contributed by atoms with E-state index in [9.17, 15) is 13.2 Å². The van der Waals surface area contributed by atoms with Crippen LogP contribution < -0.4 is 0 Å². The van der Waals surface area contributed by atoms with Crippen LogP contribution in [0.25, 0.3) is 11.0 Å². The number of imidazole rings is 1. The average Bonchev–Trinajstić information content (AvgIpc) is 3.05. The minimum Gasteiger partial charge on any atom is -0.311 e. The molecule has 1 aliphatic rings. The third kappa shape index (κ3) is 1.91. The highest BCUT2D eigenvalue weighted by molar-refractivity contribution is 6.31. The molecule has 0 amide bonds. The van der Waals surface area contributed by atoms with E-state index in [2.05, 4.69) is 4.98 Å². The Morgan fingerprint density at radius 2 is 2.00 bits per heavy atom. The van der Waals surface area contributed by atoms with E-state index in [4.69, 9.17) is 23.2 Å². The summed E-state index contributed by atoms with van der Waals surface area (Å²) in [4.78, 5) is 4.25. The van der Waals surface area contributed by atoms with Gasteiger partial charge in [0.25, 0.3) is 0 Å². The molecule has 1 aliphatic carbocycles. The van der Waals surface area contributed by atoms with Crippen LogP contribution in [0.2, 0.25) is 5.02 Å².